The van der Waals surface area contributed by atoms with Crippen molar-refractivity contribution in [2.24, 2.45) is 0 Å². The summed E-state index contributed by atoms with van der Waals surface area (Å²) in [4.78, 5) is 25.7. The summed E-state index contributed by atoms with van der Waals surface area (Å²) in [6, 6.07) is 13.9. The van der Waals surface area contributed by atoms with E-state index in [0.717, 1.165) is 33.6 Å². The van der Waals surface area contributed by atoms with Crippen LogP contribution >= 0.6 is 23.1 Å². The number of aryl methyl sites for hydroxylation is 3. The van der Waals surface area contributed by atoms with Gasteiger partial charge in [-0.2, -0.15) is 0 Å². The maximum atomic E-state index is 13.0. The molecule has 1 unspecified atom stereocenters. The number of esters is 1. The van der Waals surface area contributed by atoms with Crippen molar-refractivity contribution in [1.82, 2.24) is 14.8 Å². The Morgan fingerprint density at radius 3 is 2.46 bits per heavy atom. The molecule has 204 valence electrons. The van der Waals surface area contributed by atoms with Crippen LogP contribution in [0.1, 0.15) is 52.8 Å². The molecule has 4 aromatic rings. The third-order valence-electron chi connectivity index (χ3n) is 6.21. The van der Waals surface area contributed by atoms with Crippen molar-refractivity contribution in [1.29, 1.82) is 0 Å². The normalized spacial score (nSPS) is 11.7. The Labute approximate surface area is 236 Å². The molecule has 0 radical (unpaired) electrons. The first-order valence-corrected chi connectivity index (χ1v) is 14.4. The van der Waals surface area contributed by atoms with Gasteiger partial charge in [-0.1, -0.05) is 53.2 Å². The molecule has 2 aromatic carbocycles. The Morgan fingerprint density at radius 1 is 1.05 bits per heavy atom. The average Bonchev–Trinajstić information content (AvgIpc) is 3.53. The number of benzene rings is 2. The molecule has 0 aliphatic heterocycles. The Balaban J connectivity index is 1.47. The van der Waals surface area contributed by atoms with Gasteiger partial charge in [-0.15, -0.1) is 21.5 Å². The van der Waals surface area contributed by atoms with E-state index in [0.29, 0.717) is 28.1 Å². The van der Waals surface area contributed by atoms with Crippen LogP contribution in [-0.2, 0) is 16.1 Å². The van der Waals surface area contributed by atoms with Gasteiger partial charge in [0.05, 0.1) is 12.9 Å². The van der Waals surface area contributed by atoms with E-state index in [2.05, 4.69) is 15.5 Å². The molecule has 1 amide bonds. The van der Waals surface area contributed by atoms with Crippen molar-refractivity contribution in [3.63, 3.8) is 0 Å². The van der Waals surface area contributed by atoms with Crippen LogP contribution in [0.15, 0.2) is 53.0 Å². The lowest BCUT2D eigenvalue weighted by Gasteiger charge is -2.15. The van der Waals surface area contributed by atoms with E-state index in [1.54, 1.807) is 0 Å². The van der Waals surface area contributed by atoms with Gasteiger partial charge in [0.1, 0.15) is 16.3 Å². The van der Waals surface area contributed by atoms with E-state index < -0.39 is 5.97 Å². The summed E-state index contributed by atoms with van der Waals surface area (Å²) in [6.45, 7) is 10.6. The molecular weight excluding hydrogens is 532 g/mol. The van der Waals surface area contributed by atoms with Crippen molar-refractivity contribution >= 4 is 40.0 Å². The number of thioether (sulfide) groups is 1. The molecule has 4 rings (SSSR count). The predicted octanol–water partition coefficient (Wildman–Crippen LogP) is 6.61. The molecule has 1 atom stereocenters. The standard InChI is InChI=1S/C29H32N4O4S2/c1-7-33-26(20(5)37-21-12-9-17(2)10-13-21)31-32-29(33)39-16-24(34)30-27-25(28(35)36-6)23(15-38-27)22-14-18(3)8-11-19(22)4/h8-15,20H,7,16H2,1-6H3,(H,30,34). The first-order chi connectivity index (χ1) is 18.7. The minimum Gasteiger partial charge on any atom is -0.483 e. The molecule has 0 saturated carbocycles. The molecule has 2 heterocycles. The fraction of sp³-hybridized carbons (Fsp3) is 0.310. The van der Waals surface area contributed by atoms with Crippen LogP contribution in [0.3, 0.4) is 0 Å². The highest BCUT2D eigenvalue weighted by atomic mass is 32.2. The number of amides is 1. The predicted molar refractivity (Wildman–Crippen MR) is 156 cm³/mol. The lowest BCUT2D eigenvalue weighted by molar-refractivity contribution is -0.113. The minimum atomic E-state index is -0.493. The molecule has 39 heavy (non-hydrogen) atoms. The van der Waals surface area contributed by atoms with Crippen LogP contribution < -0.4 is 10.1 Å². The molecule has 0 fully saturated rings. The summed E-state index contributed by atoms with van der Waals surface area (Å²) in [5.74, 6) is 0.793. The summed E-state index contributed by atoms with van der Waals surface area (Å²) in [6.07, 6.45) is -0.319. The zero-order valence-electron chi connectivity index (χ0n) is 22.9. The molecule has 2 aromatic heterocycles. The lowest BCUT2D eigenvalue weighted by Crippen LogP contribution is -2.17. The molecule has 8 nitrogen and oxygen atoms in total. The summed E-state index contributed by atoms with van der Waals surface area (Å²) in [7, 11) is 1.34. The monoisotopic (exact) mass is 564 g/mol. The van der Waals surface area contributed by atoms with Gasteiger partial charge in [0.25, 0.3) is 0 Å². The third kappa shape index (κ3) is 6.51. The molecule has 0 spiro atoms. The van der Waals surface area contributed by atoms with Gasteiger partial charge in [0, 0.05) is 17.5 Å². The Bertz CT molecular complexity index is 1480. The number of carbonyl (C=O) groups excluding carboxylic acids is 2. The Morgan fingerprint density at radius 2 is 1.77 bits per heavy atom. The topological polar surface area (TPSA) is 95.3 Å². The summed E-state index contributed by atoms with van der Waals surface area (Å²) in [5, 5.41) is 14.5. The van der Waals surface area contributed by atoms with Crippen molar-refractivity contribution in [2.45, 2.75) is 52.4 Å². The van der Waals surface area contributed by atoms with E-state index in [4.69, 9.17) is 9.47 Å². The third-order valence-corrected chi connectivity index (χ3v) is 8.07. The maximum absolute atomic E-state index is 13.0. The second kappa shape index (κ2) is 12.5. The van der Waals surface area contributed by atoms with E-state index in [9.17, 15) is 9.59 Å². The molecule has 0 aliphatic carbocycles. The lowest BCUT2D eigenvalue weighted by atomic mass is 9.97. The second-order valence-corrected chi connectivity index (χ2v) is 11.0. The SMILES string of the molecule is CCn1c(SCC(=O)Nc2scc(-c3cc(C)ccc3C)c2C(=O)OC)nnc1C(C)Oc1ccc(C)cc1. The van der Waals surface area contributed by atoms with Crippen LogP contribution in [0.4, 0.5) is 5.00 Å². The molecule has 0 bridgehead atoms. The number of carbonyl (C=O) groups is 2. The van der Waals surface area contributed by atoms with Gasteiger partial charge in [-0.25, -0.2) is 4.79 Å². The van der Waals surface area contributed by atoms with Crippen LogP contribution in [0.5, 0.6) is 5.75 Å². The highest BCUT2D eigenvalue weighted by molar-refractivity contribution is 7.99. The molecule has 0 saturated heterocycles. The van der Waals surface area contributed by atoms with Crippen LogP contribution in [-0.4, -0.2) is 39.5 Å². The number of thiophene rings is 1. The van der Waals surface area contributed by atoms with E-state index in [-0.39, 0.29) is 17.8 Å². The van der Waals surface area contributed by atoms with Gasteiger partial charge in [-0.05, 0) is 57.9 Å². The number of rotatable bonds is 10. The molecule has 0 aliphatic rings. The largest absolute Gasteiger partial charge is 0.483 e. The quantitative estimate of drug-likeness (QED) is 0.171. The van der Waals surface area contributed by atoms with E-state index in [1.165, 1.54) is 30.2 Å². The first kappa shape index (κ1) is 28.4. The number of nitrogens with zero attached hydrogens (tertiary/aromatic N) is 3. The average molecular weight is 565 g/mol. The number of methoxy groups -OCH3 is 1. The van der Waals surface area contributed by atoms with Crippen LogP contribution in [0.2, 0.25) is 0 Å². The fourth-order valence-corrected chi connectivity index (χ4v) is 5.92. The second-order valence-electron chi connectivity index (χ2n) is 9.16. The summed E-state index contributed by atoms with van der Waals surface area (Å²) < 4.78 is 13.1. The molecular formula is C29H32N4O4S2. The number of ether oxygens (including phenoxy) is 2. The smallest absolute Gasteiger partial charge is 0.341 e. The first-order valence-electron chi connectivity index (χ1n) is 12.6. The summed E-state index contributed by atoms with van der Waals surface area (Å²) in [5.41, 5.74) is 5.31. The summed E-state index contributed by atoms with van der Waals surface area (Å²) >= 11 is 2.59. The van der Waals surface area contributed by atoms with Crippen molar-refractivity contribution in [3.05, 3.63) is 75.9 Å². The zero-order chi connectivity index (χ0) is 28.1. The number of nitrogens with one attached hydrogen (secondary N) is 1. The number of hydrogen-bond donors (Lipinski definition) is 1. The van der Waals surface area contributed by atoms with Gasteiger partial charge >= 0.3 is 5.97 Å². The van der Waals surface area contributed by atoms with Gasteiger partial charge in [0.15, 0.2) is 17.1 Å². The van der Waals surface area contributed by atoms with Crippen molar-refractivity contribution in [2.75, 3.05) is 18.2 Å². The Kier molecular flexibility index (Phi) is 9.08. The minimum absolute atomic E-state index is 0.0999. The van der Waals surface area contributed by atoms with E-state index in [1.807, 2.05) is 87.0 Å². The maximum Gasteiger partial charge on any atom is 0.341 e. The highest BCUT2D eigenvalue weighted by Crippen LogP contribution is 2.38. The van der Waals surface area contributed by atoms with E-state index >= 15 is 0 Å². The zero-order valence-corrected chi connectivity index (χ0v) is 24.5. The van der Waals surface area contributed by atoms with Crippen LogP contribution in [0, 0.1) is 20.8 Å². The highest BCUT2D eigenvalue weighted by Gasteiger charge is 2.24. The number of anilines is 1. The fourth-order valence-electron chi connectivity index (χ4n) is 4.15. The van der Waals surface area contributed by atoms with Crippen molar-refractivity contribution < 1.29 is 19.1 Å². The van der Waals surface area contributed by atoms with Gasteiger partial charge < -0.3 is 19.4 Å². The molecule has 10 heteroatoms. The Hall–Kier alpha value is -3.63. The van der Waals surface area contributed by atoms with Crippen molar-refractivity contribution in [3.8, 4) is 16.9 Å². The van der Waals surface area contributed by atoms with Crippen LogP contribution in [0.25, 0.3) is 11.1 Å². The number of hydrogen-bond acceptors (Lipinski definition) is 8. The number of aromatic nitrogens is 3. The van der Waals surface area contributed by atoms with Gasteiger partial charge in [0.2, 0.25) is 5.91 Å². The van der Waals surface area contributed by atoms with Gasteiger partial charge in [-0.3, -0.25) is 4.79 Å². The molecule has 1 N–H and O–H groups in total.